The van der Waals surface area contributed by atoms with E-state index in [2.05, 4.69) is 30.8 Å². The molecule has 2 aromatic carbocycles. The highest BCUT2D eigenvalue weighted by atomic mass is 19.4. The van der Waals surface area contributed by atoms with Crippen molar-refractivity contribution < 1.29 is 13.2 Å². The average molecular weight is 465 g/mol. The predicted octanol–water partition coefficient (Wildman–Crippen LogP) is 5.61. The highest BCUT2D eigenvalue weighted by Crippen LogP contribution is 2.31. The van der Waals surface area contributed by atoms with E-state index < -0.39 is 11.7 Å². The Hall–Kier alpha value is -4.21. The lowest BCUT2D eigenvalue weighted by atomic mass is 10.1. The third-order valence-electron chi connectivity index (χ3n) is 5.00. The molecule has 7 nitrogen and oxygen atoms in total. The summed E-state index contributed by atoms with van der Waals surface area (Å²) in [5.41, 5.74) is 6.16. The Morgan fingerprint density at radius 2 is 1.76 bits per heavy atom. The van der Waals surface area contributed by atoms with Gasteiger partial charge in [-0.2, -0.15) is 18.3 Å². The largest absolute Gasteiger partial charge is 0.416 e. The molecule has 0 saturated carbocycles. The third-order valence-corrected chi connectivity index (χ3v) is 5.00. The Bertz CT molecular complexity index is 1330. The molecule has 0 amide bonds. The van der Waals surface area contributed by atoms with E-state index in [0.29, 0.717) is 23.0 Å². The van der Waals surface area contributed by atoms with Crippen LogP contribution in [0.5, 0.6) is 0 Å². The van der Waals surface area contributed by atoms with Crippen molar-refractivity contribution in [2.24, 2.45) is 5.10 Å². The molecule has 0 atom stereocenters. The van der Waals surface area contributed by atoms with Gasteiger partial charge in [0.05, 0.1) is 46.3 Å². The Morgan fingerprint density at radius 1 is 0.971 bits per heavy atom. The van der Waals surface area contributed by atoms with Gasteiger partial charge < -0.3 is 10.2 Å². The van der Waals surface area contributed by atoms with Crippen LogP contribution in [0.4, 0.5) is 36.2 Å². The average Bonchev–Trinajstić information content (AvgIpc) is 2.79. The van der Waals surface area contributed by atoms with Crippen LogP contribution < -0.4 is 15.6 Å². The summed E-state index contributed by atoms with van der Waals surface area (Å²) in [7, 11) is 3.91. The van der Waals surface area contributed by atoms with Gasteiger partial charge >= 0.3 is 6.18 Å². The maximum Gasteiger partial charge on any atom is 0.416 e. The number of benzene rings is 2. The van der Waals surface area contributed by atoms with E-state index in [9.17, 15) is 13.2 Å². The quantitative estimate of drug-likeness (QED) is 0.285. The van der Waals surface area contributed by atoms with Gasteiger partial charge in [-0.1, -0.05) is 18.2 Å². The second-order valence-corrected chi connectivity index (χ2v) is 7.75. The minimum absolute atomic E-state index is 0.320. The number of alkyl halides is 3. The van der Waals surface area contributed by atoms with E-state index in [4.69, 9.17) is 0 Å². The first-order valence-corrected chi connectivity index (χ1v) is 10.3. The molecule has 4 aromatic rings. The number of pyridine rings is 1. The highest BCUT2D eigenvalue weighted by Gasteiger charge is 2.30. The second kappa shape index (κ2) is 9.34. The van der Waals surface area contributed by atoms with Crippen LogP contribution >= 0.6 is 0 Å². The van der Waals surface area contributed by atoms with Gasteiger partial charge in [0.25, 0.3) is 0 Å². The molecular formula is C24H22F3N7. The van der Waals surface area contributed by atoms with Gasteiger partial charge in [0.2, 0.25) is 5.95 Å². The summed E-state index contributed by atoms with van der Waals surface area (Å²) >= 11 is 0. The summed E-state index contributed by atoms with van der Waals surface area (Å²) in [5, 5.41) is 8.05. The zero-order valence-electron chi connectivity index (χ0n) is 18.7. The van der Waals surface area contributed by atoms with Gasteiger partial charge in [0.1, 0.15) is 0 Å². The summed E-state index contributed by atoms with van der Waals surface area (Å²) < 4.78 is 38.6. The molecule has 0 bridgehead atoms. The normalized spacial score (nSPS) is 11.7. The van der Waals surface area contributed by atoms with Crippen molar-refractivity contribution in [3.8, 4) is 0 Å². The van der Waals surface area contributed by atoms with Crippen molar-refractivity contribution in [3.63, 3.8) is 0 Å². The zero-order valence-corrected chi connectivity index (χ0v) is 18.7. The topological polar surface area (TPSA) is 78.3 Å². The maximum absolute atomic E-state index is 12.9. The summed E-state index contributed by atoms with van der Waals surface area (Å²) in [4.78, 5) is 15.3. The maximum atomic E-state index is 12.9. The van der Waals surface area contributed by atoms with E-state index in [1.165, 1.54) is 18.5 Å². The van der Waals surface area contributed by atoms with Crippen LogP contribution in [0.15, 0.2) is 65.9 Å². The monoisotopic (exact) mass is 465 g/mol. The van der Waals surface area contributed by atoms with Crippen molar-refractivity contribution in [2.45, 2.75) is 13.1 Å². The molecule has 0 aliphatic heterocycles. The molecule has 2 aromatic heterocycles. The van der Waals surface area contributed by atoms with Crippen molar-refractivity contribution in [1.82, 2.24) is 15.0 Å². The lowest BCUT2D eigenvalue weighted by Crippen LogP contribution is -2.10. The van der Waals surface area contributed by atoms with Crippen LogP contribution in [-0.2, 0) is 6.18 Å². The molecular weight excluding hydrogens is 443 g/mol. The molecule has 2 N–H and O–H groups in total. The lowest BCUT2D eigenvalue weighted by molar-refractivity contribution is -0.137. The number of rotatable bonds is 6. The van der Waals surface area contributed by atoms with Gasteiger partial charge in [-0.25, -0.2) is 15.4 Å². The van der Waals surface area contributed by atoms with E-state index in [1.807, 2.05) is 44.1 Å². The second-order valence-electron chi connectivity index (χ2n) is 7.75. The first kappa shape index (κ1) is 23.0. The van der Waals surface area contributed by atoms with Crippen LogP contribution in [0.2, 0.25) is 0 Å². The Morgan fingerprint density at radius 3 is 2.47 bits per heavy atom. The molecule has 174 valence electrons. The van der Waals surface area contributed by atoms with Crippen molar-refractivity contribution in [1.29, 1.82) is 0 Å². The smallest absolute Gasteiger partial charge is 0.376 e. The molecule has 0 unspecified atom stereocenters. The SMILES string of the molecule is Cc1nc(N/N=C/c2ccc(Nc3cccc(C(F)(F)F)c3)cn2)nc2c(N(C)C)cccc12. The zero-order chi connectivity index (χ0) is 24.3. The van der Waals surface area contributed by atoms with Gasteiger partial charge in [-0.15, -0.1) is 0 Å². The fourth-order valence-electron chi connectivity index (χ4n) is 3.35. The number of nitrogens with one attached hydrogen (secondary N) is 2. The molecule has 0 saturated heterocycles. The van der Waals surface area contributed by atoms with E-state index >= 15 is 0 Å². The number of para-hydroxylation sites is 1. The van der Waals surface area contributed by atoms with Crippen LogP contribution in [0.25, 0.3) is 10.9 Å². The van der Waals surface area contributed by atoms with Crippen LogP contribution in [-0.4, -0.2) is 35.3 Å². The minimum atomic E-state index is -4.40. The number of anilines is 4. The number of hydrogen-bond acceptors (Lipinski definition) is 7. The molecule has 0 aliphatic rings. The molecule has 0 fully saturated rings. The molecule has 0 spiro atoms. The van der Waals surface area contributed by atoms with Crippen molar-refractivity contribution >= 4 is 40.1 Å². The van der Waals surface area contributed by atoms with Crippen molar-refractivity contribution in [2.75, 3.05) is 29.7 Å². The van der Waals surface area contributed by atoms with E-state index in [0.717, 1.165) is 34.4 Å². The van der Waals surface area contributed by atoms with Gasteiger partial charge in [-0.3, -0.25) is 4.98 Å². The van der Waals surface area contributed by atoms with Gasteiger partial charge in [0.15, 0.2) is 0 Å². The fourth-order valence-corrected chi connectivity index (χ4v) is 3.35. The van der Waals surface area contributed by atoms with Crippen LogP contribution in [0.3, 0.4) is 0 Å². The van der Waals surface area contributed by atoms with Crippen molar-refractivity contribution in [3.05, 3.63) is 77.7 Å². The summed E-state index contributed by atoms with van der Waals surface area (Å²) in [5.74, 6) is 0.360. The van der Waals surface area contributed by atoms with Gasteiger partial charge in [-0.05, 0) is 43.3 Å². The number of hydrazone groups is 1. The van der Waals surface area contributed by atoms with E-state index in [-0.39, 0.29) is 0 Å². The predicted molar refractivity (Wildman–Crippen MR) is 129 cm³/mol. The molecule has 4 rings (SSSR count). The highest BCUT2D eigenvalue weighted by molar-refractivity contribution is 5.92. The van der Waals surface area contributed by atoms with Gasteiger partial charge in [0, 0.05) is 25.2 Å². The standard InChI is InChI=1S/C24H22F3N7/c1-15-20-8-5-9-21(34(2)3)22(20)32-23(30-15)33-29-14-18-10-11-19(13-28-18)31-17-7-4-6-16(12-17)24(25,26)27/h4-14,31H,1-3H3,(H,30,32,33)/b29-14+. The lowest BCUT2D eigenvalue weighted by Gasteiger charge is -2.15. The first-order valence-electron chi connectivity index (χ1n) is 10.3. The summed E-state index contributed by atoms with van der Waals surface area (Å²) in [6.07, 6.45) is -1.37. The number of fused-ring (bicyclic) bond motifs is 1. The molecule has 34 heavy (non-hydrogen) atoms. The number of aryl methyl sites for hydroxylation is 1. The summed E-state index contributed by atoms with van der Waals surface area (Å²) in [6, 6.07) is 14.3. The molecule has 0 aliphatic carbocycles. The number of halogens is 3. The minimum Gasteiger partial charge on any atom is -0.376 e. The third kappa shape index (κ3) is 5.22. The number of hydrogen-bond donors (Lipinski definition) is 2. The Labute approximate surface area is 194 Å². The molecule has 10 heteroatoms. The molecule has 2 heterocycles. The summed E-state index contributed by atoms with van der Waals surface area (Å²) in [6.45, 7) is 1.91. The Balaban J connectivity index is 1.45. The van der Waals surface area contributed by atoms with E-state index in [1.54, 1.807) is 18.2 Å². The number of nitrogens with zero attached hydrogens (tertiary/aromatic N) is 5. The van der Waals surface area contributed by atoms with Crippen LogP contribution in [0, 0.1) is 6.92 Å². The molecule has 0 radical (unpaired) electrons. The van der Waals surface area contributed by atoms with Crippen LogP contribution in [0.1, 0.15) is 17.0 Å². The fraction of sp³-hybridized carbons (Fsp3) is 0.167. The first-order chi connectivity index (χ1) is 16.2. The number of aromatic nitrogens is 3. The Kier molecular flexibility index (Phi) is 6.31.